The lowest BCUT2D eigenvalue weighted by atomic mass is 10.4. The third kappa shape index (κ3) is 11.6. The van der Waals surface area contributed by atoms with Gasteiger partial charge in [0, 0.05) is 23.8 Å². The molecule has 0 saturated heterocycles. The van der Waals surface area contributed by atoms with Gasteiger partial charge in [0.15, 0.2) is 0 Å². The number of ether oxygens (including phenoxy) is 3. The molecule has 10 nitrogen and oxygen atoms in total. The van der Waals surface area contributed by atoms with Gasteiger partial charge in [0.2, 0.25) is 0 Å². The molecule has 0 aromatic heterocycles. The minimum Gasteiger partial charge on any atom is -0.460 e. The molecule has 0 radical (unpaired) electrons. The van der Waals surface area contributed by atoms with Gasteiger partial charge >= 0.3 is 27.0 Å². The molecule has 0 saturated carbocycles. The highest BCUT2D eigenvalue weighted by Crippen LogP contribution is 2.11. The van der Waals surface area contributed by atoms with Gasteiger partial charge in [-0.2, -0.15) is 0 Å². The molecule has 0 N–H and O–H groups in total. The zero-order valence-electron chi connectivity index (χ0n) is 17.9. The zero-order valence-corrected chi connectivity index (χ0v) is 18.9. The summed E-state index contributed by atoms with van der Waals surface area (Å²) in [5.41, 5.74) is 0.740. The highest BCUT2D eigenvalue weighted by Gasteiger charge is 2.45. The van der Waals surface area contributed by atoms with Gasteiger partial charge in [-0.15, -0.1) is 0 Å². The molecule has 0 bridgehead atoms. The summed E-state index contributed by atoms with van der Waals surface area (Å²) in [6, 6.07) is 0. The SMILES string of the molecule is C=C(C)C(=O)OCCO[Si](OC)(OCCOC(=O)C(=C)C)OCCOC(=O)C(=C)C. The second-order valence-electron chi connectivity index (χ2n) is 6.00. The Bertz CT molecular complexity index is 560. The predicted molar refractivity (Wildman–Crippen MR) is 108 cm³/mol. The van der Waals surface area contributed by atoms with E-state index in [-0.39, 0.29) is 56.4 Å². The fourth-order valence-corrected chi connectivity index (χ4v) is 3.18. The van der Waals surface area contributed by atoms with Crippen LogP contribution >= 0.6 is 0 Å². The van der Waals surface area contributed by atoms with Crippen LogP contribution in [-0.4, -0.2) is 73.7 Å². The average Bonchev–Trinajstić information content (AvgIpc) is 2.70. The predicted octanol–water partition coefficient (Wildman–Crippen LogP) is 1.48. The first kappa shape index (κ1) is 27.7. The van der Waals surface area contributed by atoms with Gasteiger partial charge in [0.25, 0.3) is 0 Å². The summed E-state index contributed by atoms with van der Waals surface area (Å²) in [5, 5.41) is 0. The summed E-state index contributed by atoms with van der Waals surface area (Å²) in [6.45, 7) is 14.4. The number of hydrogen-bond acceptors (Lipinski definition) is 10. The Morgan fingerprint density at radius 3 is 1.07 bits per heavy atom. The van der Waals surface area contributed by atoms with Crippen molar-refractivity contribution in [2.24, 2.45) is 0 Å². The van der Waals surface area contributed by atoms with Gasteiger partial charge in [-0.25, -0.2) is 14.4 Å². The lowest BCUT2D eigenvalue weighted by molar-refractivity contribution is -0.141. The second kappa shape index (κ2) is 14.6. The molecular formula is C19H30O10Si. The second-order valence-corrected chi connectivity index (χ2v) is 8.27. The minimum atomic E-state index is -3.71. The van der Waals surface area contributed by atoms with Crippen molar-refractivity contribution in [3.8, 4) is 0 Å². The Kier molecular flexibility index (Phi) is 13.5. The Labute approximate surface area is 177 Å². The van der Waals surface area contributed by atoms with Crippen molar-refractivity contribution in [3.05, 3.63) is 36.5 Å². The van der Waals surface area contributed by atoms with Gasteiger partial charge in [-0.1, -0.05) is 19.7 Å². The standard InChI is InChI=1S/C19H30O10Si/c1-14(2)17(20)24-8-11-27-30(23-7,28-12-9-25-18(21)15(3)4)29-13-10-26-19(22)16(5)6/h1,3,5,8-13H2,2,4,6-7H3. The van der Waals surface area contributed by atoms with Crippen LogP contribution in [0.4, 0.5) is 0 Å². The van der Waals surface area contributed by atoms with Crippen molar-refractivity contribution in [2.75, 3.05) is 46.8 Å². The van der Waals surface area contributed by atoms with Crippen LogP contribution in [0.3, 0.4) is 0 Å². The topological polar surface area (TPSA) is 116 Å². The van der Waals surface area contributed by atoms with E-state index in [1.807, 2.05) is 0 Å². The van der Waals surface area contributed by atoms with Crippen LogP contribution in [0.25, 0.3) is 0 Å². The lowest BCUT2D eigenvalue weighted by Crippen LogP contribution is -2.50. The van der Waals surface area contributed by atoms with Crippen molar-refractivity contribution in [1.29, 1.82) is 0 Å². The highest BCUT2D eigenvalue weighted by molar-refractivity contribution is 6.53. The van der Waals surface area contributed by atoms with E-state index < -0.39 is 27.0 Å². The van der Waals surface area contributed by atoms with Crippen LogP contribution in [0.5, 0.6) is 0 Å². The summed E-state index contributed by atoms with van der Waals surface area (Å²) < 4.78 is 36.8. The minimum absolute atomic E-state index is 0.0871. The van der Waals surface area contributed by atoms with Crippen molar-refractivity contribution >= 4 is 27.0 Å². The maximum Gasteiger partial charge on any atom is 0.679 e. The molecule has 0 spiro atoms. The summed E-state index contributed by atoms with van der Waals surface area (Å²) in [4.78, 5) is 34.3. The Balaban J connectivity index is 4.74. The van der Waals surface area contributed by atoms with Gasteiger partial charge in [0.1, 0.15) is 19.8 Å². The van der Waals surface area contributed by atoms with Crippen molar-refractivity contribution < 1.29 is 46.3 Å². The third-order valence-electron chi connectivity index (χ3n) is 3.08. The van der Waals surface area contributed by atoms with Crippen LogP contribution in [0.2, 0.25) is 0 Å². The smallest absolute Gasteiger partial charge is 0.460 e. The fraction of sp³-hybridized carbons (Fsp3) is 0.526. The maximum atomic E-state index is 11.4. The summed E-state index contributed by atoms with van der Waals surface area (Å²) in [7, 11) is -2.40. The number of rotatable bonds is 16. The van der Waals surface area contributed by atoms with Crippen LogP contribution in [0.15, 0.2) is 36.5 Å². The highest BCUT2D eigenvalue weighted by atomic mass is 28.4. The molecule has 0 atom stereocenters. The van der Waals surface area contributed by atoms with E-state index in [4.69, 9.17) is 31.9 Å². The first-order chi connectivity index (χ1) is 14.0. The van der Waals surface area contributed by atoms with E-state index in [0.717, 1.165) is 0 Å². The van der Waals surface area contributed by atoms with Crippen molar-refractivity contribution in [1.82, 2.24) is 0 Å². The average molecular weight is 447 g/mol. The van der Waals surface area contributed by atoms with E-state index in [1.54, 1.807) is 0 Å². The molecule has 0 unspecified atom stereocenters. The van der Waals surface area contributed by atoms with Crippen LogP contribution in [-0.2, 0) is 46.3 Å². The Morgan fingerprint density at radius 2 is 0.867 bits per heavy atom. The monoisotopic (exact) mass is 446 g/mol. The molecule has 11 heteroatoms. The van der Waals surface area contributed by atoms with Gasteiger partial charge in [-0.3, -0.25) is 0 Å². The molecule has 0 aliphatic carbocycles. The summed E-state index contributed by atoms with van der Waals surface area (Å²) in [6.07, 6.45) is 0. The van der Waals surface area contributed by atoms with Crippen LogP contribution in [0, 0.1) is 0 Å². The van der Waals surface area contributed by atoms with Crippen LogP contribution < -0.4 is 0 Å². The van der Waals surface area contributed by atoms with E-state index >= 15 is 0 Å². The molecule has 0 aliphatic heterocycles. The Morgan fingerprint density at radius 1 is 0.600 bits per heavy atom. The number of carbonyl (C=O) groups excluding carboxylic acids is 3. The van der Waals surface area contributed by atoms with E-state index in [0.29, 0.717) is 0 Å². The van der Waals surface area contributed by atoms with Crippen LogP contribution in [0.1, 0.15) is 20.8 Å². The number of esters is 3. The molecule has 0 fully saturated rings. The molecule has 170 valence electrons. The summed E-state index contributed by atoms with van der Waals surface area (Å²) >= 11 is 0. The molecular weight excluding hydrogens is 416 g/mol. The number of carbonyl (C=O) groups is 3. The summed E-state index contributed by atoms with van der Waals surface area (Å²) in [5.74, 6) is -1.70. The molecule has 0 aromatic rings. The fourth-order valence-electron chi connectivity index (χ4n) is 1.57. The lowest BCUT2D eigenvalue weighted by Gasteiger charge is -2.26. The van der Waals surface area contributed by atoms with E-state index in [1.165, 1.54) is 27.9 Å². The molecule has 0 rings (SSSR count). The van der Waals surface area contributed by atoms with Crippen molar-refractivity contribution in [3.63, 3.8) is 0 Å². The largest absolute Gasteiger partial charge is 0.679 e. The third-order valence-corrected chi connectivity index (χ3v) is 5.25. The molecule has 0 heterocycles. The van der Waals surface area contributed by atoms with Crippen molar-refractivity contribution in [2.45, 2.75) is 20.8 Å². The van der Waals surface area contributed by atoms with Gasteiger partial charge in [0.05, 0.1) is 19.8 Å². The zero-order chi connectivity index (χ0) is 23.2. The maximum absolute atomic E-state index is 11.4. The van der Waals surface area contributed by atoms with Gasteiger partial charge in [-0.05, 0) is 20.8 Å². The Hall–Kier alpha value is -2.31. The quantitative estimate of drug-likeness (QED) is 0.113. The van der Waals surface area contributed by atoms with E-state index in [9.17, 15) is 14.4 Å². The molecule has 30 heavy (non-hydrogen) atoms. The first-order valence-electron chi connectivity index (χ1n) is 8.99. The number of hydrogen-bond donors (Lipinski definition) is 0. The van der Waals surface area contributed by atoms with E-state index in [2.05, 4.69) is 19.7 Å². The first-order valence-corrected chi connectivity index (χ1v) is 10.6. The van der Waals surface area contributed by atoms with Gasteiger partial charge < -0.3 is 31.9 Å². The molecule has 0 aromatic carbocycles. The molecule has 0 aliphatic rings. The molecule has 0 amide bonds. The normalized spacial score (nSPS) is 10.8.